The van der Waals surface area contributed by atoms with Crippen molar-refractivity contribution in [2.24, 2.45) is 5.92 Å². The van der Waals surface area contributed by atoms with Crippen LogP contribution in [-0.2, 0) is 6.42 Å². The van der Waals surface area contributed by atoms with Crippen molar-refractivity contribution < 1.29 is 29.6 Å². The maximum Gasteiger partial charge on any atom is 0.193 e. The molecule has 0 amide bonds. The molecule has 3 rings (SSSR count). The van der Waals surface area contributed by atoms with Crippen LogP contribution >= 0.6 is 0 Å². The molecule has 0 unspecified atom stereocenters. The molecule has 0 saturated carbocycles. The van der Waals surface area contributed by atoms with E-state index in [0.717, 1.165) is 6.42 Å². The Balaban J connectivity index is 1.99. The summed E-state index contributed by atoms with van der Waals surface area (Å²) in [4.78, 5) is 13.0. The number of hydrogen-bond donors (Lipinski definition) is 3. The van der Waals surface area contributed by atoms with Crippen LogP contribution in [-0.4, -0.2) is 33.8 Å². The Bertz CT molecular complexity index is 1090. The number of phenols is 3. The van der Waals surface area contributed by atoms with Gasteiger partial charge >= 0.3 is 0 Å². The molecule has 6 nitrogen and oxygen atoms in total. The third kappa shape index (κ3) is 4.74. The molecule has 0 spiro atoms. The van der Waals surface area contributed by atoms with Gasteiger partial charge in [0.25, 0.3) is 0 Å². The average molecular weight is 439 g/mol. The molecule has 2 aromatic rings. The number of benzene rings is 2. The first kappa shape index (κ1) is 23.3. The van der Waals surface area contributed by atoms with E-state index < -0.39 is 11.4 Å². The molecule has 32 heavy (non-hydrogen) atoms. The van der Waals surface area contributed by atoms with Crippen molar-refractivity contribution in [1.82, 2.24) is 0 Å². The van der Waals surface area contributed by atoms with Gasteiger partial charge in [-0.1, -0.05) is 11.6 Å². The van der Waals surface area contributed by atoms with Gasteiger partial charge in [0.15, 0.2) is 5.78 Å². The predicted octanol–water partition coefficient (Wildman–Crippen LogP) is 5.39. The number of hydrogen-bond acceptors (Lipinski definition) is 6. The van der Waals surface area contributed by atoms with Crippen LogP contribution in [0.1, 0.15) is 55.6 Å². The van der Waals surface area contributed by atoms with E-state index in [1.807, 2.05) is 27.7 Å². The van der Waals surface area contributed by atoms with E-state index in [9.17, 15) is 20.1 Å². The van der Waals surface area contributed by atoms with Gasteiger partial charge in [0.1, 0.15) is 39.9 Å². The zero-order valence-corrected chi connectivity index (χ0v) is 19.1. The maximum atomic E-state index is 13.0. The van der Waals surface area contributed by atoms with E-state index in [1.165, 1.54) is 43.0 Å². The summed E-state index contributed by atoms with van der Waals surface area (Å²) >= 11 is 0. The van der Waals surface area contributed by atoms with Crippen molar-refractivity contribution in [3.8, 4) is 28.7 Å². The summed E-state index contributed by atoms with van der Waals surface area (Å²) in [7, 11) is 1.43. The van der Waals surface area contributed by atoms with Gasteiger partial charge in [-0.3, -0.25) is 4.79 Å². The molecule has 0 saturated heterocycles. The van der Waals surface area contributed by atoms with Crippen LogP contribution in [0.15, 0.2) is 42.0 Å². The van der Waals surface area contributed by atoms with E-state index in [-0.39, 0.29) is 34.5 Å². The quantitative estimate of drug-likeness (QED) is 0.318. The van der Waals surface area contributed by atoms with Gasteiger partial charge in [0.05, 0.1) is 7.11 Å². The number of ketones is 1. The third-order valence-electron chi connectivity index (χ3n) is 5.84. The van der Waals surface area contributed by atoms with Crippen molar-refractivity contribution in [2.45, 2.75) is 46.1 Å². The van der Waals surface area contributed by atoms with Gasteiger partial charge in [0, 0.05) is 29.2 Å². The summed E-state index contributed by atoms with van der Waals surface area (Å²) in [6.07, 6.45) is 6.19. The lowest BCUT2D eigenvalue weighted by Crippen LogP contribution is -2.42. The van der Waals surface area contributed by atoms with E-state index in [0.29, 0.717) is 23.3 Å². The largest absolute Gasteiger partial charge is 0.508 e. The maximum absolute atomic E-state index is 13.0. The molecule has 0 aliphatic carbocycles. The first-order chi connectivity index (χ1) is 15.0. The zero-order valence-electron chi connectivity index (χ0n) is 19.1. The van der Waals surface area contributed by atoms with Crippen LogP contribution in [0.4, 0.5) is 0 Å². The lowest BCUT2D eigenvalue weighted by molar-refractivity contribution is 0.0270. The highest BCUT2D eigenvalue weighted by molar-refractivity contribution is 6.11. The van der Waals surface area contributed by atoms with Crippen molar-refractivity contribution in [1.29, 1.82) is 0 Å². The number of ether oxygens (including phenoxy) is 2. The van der Waals surface area contributed by atoms with E-state index in [4.69, 9.17) is 9.47 Å². The molecule has 0 fully saturated rings. The molecule has 3 N–H and O–H groups in total. The normalized spacial score (nSPS) is 16.8. The molecule has 2 aromatic carbocycles. The minimum Gasteiger partial charge on any atom is -0.508 e. The van der Waals surface area contributed by atoms with Gasteiger partial charge < -0.3 is 24.8 Å². The number of methoxy groups -OCH3 is 1. The van der Waals surface area contributed by atoms with Gasteiger partial charge in [-0.15, -0.1) is 0 Å². The Hall–Kier alpha value is -3.41. The van der Waals surface area contributed by atoms with Crippen LogP contribution < -0.4 is 9.47 Å². The van der Waals surface area contributed by atoms with Crippen LogP contribution in [0.2, 0.25) is 0 Å². The molecule has 0 radical (unpaired) electrons. The number of aromatic hydroxyl groups is 3. The highest BCUT2D eigenvalue weighted by atomic mass is 16.5. The second kappa shape index (κ2) is 8.99. The van der Waals surface area contributed by atoms with Gasteiger partial charge in [0.2, 0.25) is 0 Å². The van der Waals surface area contributed by atoms with Gasteiger partial charge in [-0.2, -0.15) is 0 Å². The molecule has 0 bridgehead atoms. The van der Waals surface area contributed by atoms with Crippen molar-refractivity contribution in [2.75, 3.05) is 7.11 Å². The third-order valence-corrected chi connectivity index (χ3v) is 5.84. The lowest BCUT2D eigenvalue weighted by atomic mass is 9.79. The Morgan fingerprint density at radius 2 is 1.94 bits per heavy atom. The second-order valence-electron chi connectivity index (χ2n) is 8.84. The van der Waals surface area contributed by atoms with Crippen LogP contribution in [0, 0.1) is 5.92 Å². The molecule has 1 aliphatic heterocycles. The van der Waals surface area contributed by atoms with Crippen LogP contribution in [0.3, 0.4) is 0 Å². The summed E-state index contributed by atoms with van der Waals surface area (Å²) in [6.45, 7) is 8.13. The number of carbonyl (C=O) groups excluding carboxylic acids is 1. The summed E-state index contributed by atoms with van der Waals surface area (Å²) in [6, 6.07) is 5.73. The summed E-state index contributed by atoms with van der Waals surface area (Å²) in [5, 5.41) is 30.4. The molecule has 1 aliphatic rings. The van der Waals surface area contributed by atoms with Crippen molar-refractivity contribution >= 4 is 11.9 Å². The Morgan fingerprint density at radius 1 is 1.22 bits per heavy atom. The minimum absolute atomic E-state index is 0.0463. The SMILES string of the molecule is COc1cc2c(c(O)c1C(=O)C=Cc1ccc(O)cc1O)C[C@@H](CC=C(C)C)C(C)(C)O2. The van der Waals surface area contributed by atoms with Crippen LogP contribution in [0.5, 0.6) is 28.7 Å². The molecular weight excluding hydrogens is 408 g/mol. The van der Waals surface area contributed by atoms with Gasteiger partial charge in [-0.25, -0.2) is 0 Å². The number of rotatable bonds is 6. The molecule has 1 atom stereocenters. The summed E-state index contributed by atoms with van der Waals surface area (Å²) in [5.74, 6) is -0.0172. The van der Waals surface area contributed by atoms with Crippen molar-refractivity contribution in [3.63, 3.8) is 0 Å². The van der Waals surface area contributed by atoms with Gasteiger partial charge in [-0.05, 0) is 64.8 Å². The molecule has 6 heteroatoms. The van der Waals surface area contributed by atoms with E-state index in [1.54, 1.807) is 6.07 Å². The fourth-order valence-corrected chi connectivity index (χ4v) is 3.88. The van der Waals surface area contributed by atoms with E-state index >= 15 is 0 Å². The fourth-order valence-electron chi connectivity index (χ4n) is 3.88. The second-order valence-corrected chi connectivity index (χ2v) is 8.84. The molecule has 170 valence electrons. The highest BCUT2D eigenvalue weighted by Gasteiger charge is 2.39. The smallest absolute Gasteiger partial charge is 0.193 e. The zero-order chi connectivity index (χ0) is 23.6. The number of carbonyl (C=O) groups is 1. The first-order valence-corrected chi connectivity index (χ1v) is 10.5. The topological polar surface area (TPSA) is 96.2 Å². The molecule has 0 aromatic heterocycles. The van der Waals surface area contributed by atoms with E-state index in [2.05, 4.69) is 6.08 Å². The first-order valence-electron chi connectivity index (χ1n) is 10.5. The number of fused-ring (bicyclic) bond motifs is 1. The monoisotopic (exact) mass is 438 g/mol. The standard InChI is InChI=1S/C26H30O6/c1-15(2)6-9-17-12-19-22(32-26(17,3)4)14-23(31-5)24(25(19)30)20(28)11-8-16-7-10-18(27)13-21(16)29/h6-8,10-11,13-14,17,27,29-30H,9,12H2,1-5H3/t17-/m1/s1. The number of allylic oxidation sites excluding steroid dienone is 3. The predicted molar refractivity (Wildman–Crippen MR) is 124 cm³/mol. The lowest BCUT2D eigenvalue weighted by Gasteiger charge is -2.40. The summed E-state index contributed by atoms with van der Waals surface area (Å²) in [5.41, 5.74) is 1.76. The highest BCUT2D eigenvalue weighted by Crippen LogP contribution is 2.47. The molecule has 1 heterocycles. The Labute approximate surface area is 188 Å². The Morgan fingerprint density at radius 3 is 2.56 bits per heavy atom. The molecular formula is C26H30O6. The minimum atomic E-state index is -0.472. The average Bonchev–Trinajstić information content (AvgIpc) is 2.70. The van der Waals surface area contributed by atoms with Crippen molar-refractivity contribution in [3.05, 3.63) is 58.7 Å². The summed E-state index contributed by atoms with van der Waals surface area (Å²) < 4.78 is 11.6. The Kier molecular flexibility index (Phi) is 6.53. The fraction of sp³-hybridized carbons (Fsp3) is 0.346. The van der Waals surface area contributed by atoms with Crippen LogP contribution in [0.25, 0.3) is 6.08 Å². The number of phenolic OH excluding ortho intramolecular Hbond substituents is 3.